The zero-order chi connectivity index (χ0) is 16.4. The highest BCUT2D eigenvalue weighted by Gasteiger charge is 2.44. The smallest absolute Gasteiger partial charge is 0.456 e. The van der Waals surface area contributed by atoms with Gasteiger partial charge >= 0.3 is 12.1 Å². The van der Waals surface area contributed by atoms with Gasteiger partial charge in [-0.25, -0.2) is 13.2 Å². The molecule has 1 aliphatic heterocycles. The Morgan fingerprint density at radius 2 is 1.91 bits per heavy atom. The molecule has 0 aliphatic carbocycles. The molecule has 0 N–H and O–H groups in total. The number of hydrogen-bond donors (Lipinski definition) is 0. The number of sulfone groups is 1. The first-order chi connectivity index (χ1) is 10.2. The lowest BCUT2D eigenvalue weighted by Gasteiger charge is -2.04. The summed E-state index contributed by atoms with van der Waals surface area (Å²) in [6.45, 7) is -0.585. The van der Waals surface area contributed by atoms with Gasteiger partial charge in [-0.3, -0.25) is 0 Å². The van der Waals surface area contributed by atoms with Crippen LogP contribution in [0.25, 0.3) is 0 Å². The van der Waals surface area contributed by atoms with Crippen LogP contribution >= 0.6 is 0 Å². The van der Waals surface area contributed by atoms with Gasteiger partial charge < -0.3 is 9.47 Å². The molecule has 0 unspecified atom stereocenters. The Morgan fingerprint density at radius 3 is 2.50 bits per heavy atom. The van der Waals surface area contributed by atoms with Crippen LogP contribution in [0.5, 0.6) is 0 Å². The van der Waals surface area contributed by atoms with Crippen molar-refractivity contribution in [2.45, 2.75) is 23.3 Å². The second-order valence-corrected chi connectivity index (χ2v) is 6.26. The predicted molar refractivity (Wildman–Crippen MR) is 68.4 cm³/mol. The van der Waals surface area contributed by atoms with E-state index in [1.807, 2.05) is 0 Å². The Balaban J connectivity index is 1.86. The first kappa shape index (κ1) is 16.5. The van der Waals surface area contributed by atoms with Gasteiger partial charge in [0.05, 0.1) is 4.90 Å². The van der Waals surface area contributed by atoms with E-state index in [9.17, 15) is 26.4 Å². The Hall–Kier alpha value is -1.87. The standard InChI is InChI=1S/C13H11F3O5S/c14-13(15,16)12(17)20-8-11-10(21-11)6-7-22(18,19)9-4-2-1-3-5-9/h1-7,10-11H,8H2/b7-6+/t10-,11-/m0/s1. The number of alkyl halides is 3. The first-order valence-electron chi connectivity index (χ1n) is 6.08. The maximum atomic E-state index is 11.9. The first-order valence-corrected chi connectivity index (χ1v) is 7.62. The number of epoxide rings is 1. The summed E-state index contributed by atoms with van der Waals surface area (Å²) in [5, 5.41) is 0.915. The third-order valence-corrected chi connectivity index (χ3v) is 4.20. The van der Waals surface area contributed by atoms with Crippen molar-refractivity contribution >= 4 is 15.8 Å². The van der Waals surface area contributed by atoms with E-state index in [0.717, 1.165) is 5.41 Å². The minimum Gasteiger partial charge on any atom is -0.456 e. The summed E-state index contributed by atoms with van der Waals surface area (Å²) >= 11 is 0. The Kier molecular flexibility index (Phi) is 4.57. The lowest BCUT2D eigenvalue weighted by Crippen LogP contribution is -2.27. The Morgan fingerprint density at radius 1 is 1.27 bits per heavy atom. The highest BCUT2D eigenvalue weighted by atomic mass is 32.2. The van der Waals surface area contributed by atoms with Crippen LogP contribution in [0.15, 0.2) is 46.7 Å². The largest absolute Gasteiger partial charge is 0.490 e. The van der Waals surface area contributed by atoms with Crippen molar-refractivity contribution in [3.8, 4) is 0 Å². The fourth-order valence-electron chi connectivity index (χ4n) is 1.57. The van der Waals surface area contributed by atoms with Crippen LogP contribution in [-0.4, -0.2) is 39.4 Å². The summed E-state index contributed by atoms with van der Waals surface area (Å²) in [7, 11) is -3.64. The van der Waals surface area contributed by atoms with Crippen LogP contribution in [-0.2, 0) is 24.1 Å². The number of benzene rings is 1. The summed E-state index contributed by atoms with van der Waals surface area (Å²) in [5.41, 5.74) is 0. The lowest BCUT2D eigenvalue weighted by atomic mass is 10.3. The van der Waals surface area contributed by atoms with Crippen LogP contribution in [0.1, 0.15) is 0 Å². The molecule has 0 aromatic heterocycles. The molecule has 1 aromatic rings. The van der Waals surface area contributed by atoms with Crippen LogP contribution in [0, 0.1) is 0 Å². The van der Waals surface area contributed by atoms with Crippen molar-refractivity contribution < 1.29 is 35.9 Å². The van der Waals surface area contributed by atoms with Crippen molar-refractivity contribution in [1.82, 2.24) is 0 Å². The lowest BCUT2D eigenvalue weighted by molar-refractivity contribution is -0.200. The molecule has 1 aliphatic rings. The zero-order valence-electron chi connectivity index (χ0n) is 11.0. The second kappa shape index (κ2) is 6.09. The van der Waals surface area contributed by atoms with E-state index in [1.165, 1.54) is 18.2 Å². The number of carbonyl (C=O) groups excluding carboxylic acids is 1. The minimum atomic E-state index is -5.06. The molecule has 0 amide bonds. The summed E-state index contributed by atoms with van der Waals surface area (Å²) < 4.78 is 68.4. The van der Waals surface area contributed by atoms with Gasteiger partial charge in [0, 0.05) is 5.41 Å². The normalized spacial score (nSPS) is 21.8. The van der Waals surface area contributed by atoms with E-state index in [-0.39, 0.29) is 4.90 Å². The molecular formula is C13H11F3O5S. The molecule has 1 saturated heterocycles. The number of hydrogen-bond acceptors (Lipinski definition) is 5. The van der Waals surface area contributed by atoms with Crippen LogP contribution in [0.3, 0.4) is 0 Å². The van der Waals surface area contributed by atoms with Crippen molar-refractivity contribution in [2.75, 3.05) is 6.61 Å². The van der Waals surface area contributed by atoms with Gasteiger partial charge in [0.1, 0.15) is 18.8 Å². The van der Waals surface area contributed by atoms with Gasteiger partial charge in [-0.05, 0) is 18.2 Å². The summed E-state index contributed by atoms with van der Waals surface area (Å²) in [6.07, 6.45) is -5.32. The maximum absolute atomic E-state index is 11.9. The second-order valence-electron chi connectivity index (χ2n) is 4.42. The quantitative estimate of drug-likeness (QED) is 0.606. The third-order valence-electron chi connectivity index (χ3n) is 2.75. The average Bonchev–Trinajstić information content (AvgIpc) is 3.21. The van der Waals surface area contributed by atoms with Crippen molar-refractivity contribution in [2.24, 2.45) is 0 Å². The van der Waals surface area contributed by atoms with E-state index in [2.05, 4.69) is 4.74 Å². The molecular weight excluding hydrogens is 325 g/mol. The molecule has 22 heavy (non-hydrogen) atoms. The number of halogens is 3. The molecule has 0 saturated carbocycles. The molecule has 0 spiro atoms. The van der Waals surface area contributed by atoms with Crippen LogP contribution in [0.2, 0.25) is 0 Å². The van der Waals surface area contributed by atoms with Gasteiger partial charge in [-0.1, -0.05) is 18.2 Å². The van der Waals surface area contributed by atoms with Gasteiger partial charge in [0.25, 0.3) is 0 Å². The average molecular weight is 336 g/mol. The van der Waals surface area contributed by atoms with Crippen molar-refractivity contribution in [3.05, 3.63) is 41.8 Å². The molecule has 120 valence electrons. The van der Waals surface area contributed by atoms with Crippen molar-refractivity contribution in [3.63, 3.8) is 0 Å². The predicted octanol–water partition coefficient (Wildman–Crippen LogP) is 1.85. The molecule has 0 bridgehead atoms. The maximum Gasteiger partial charge on any atom is 0.490 e. The fourth-order valence-corrected chi connectivity index (χ4v) is 2.62. The monoisotopic (exact) mass is 336 g/mol. The van der Waals surface area contributed by atoms with E-state index in [4.69, 9.17) is 4.74 Å². The summed E-state index contributed by atoms with van der Waals surface area (Å²) in [5.74, 6) is -2.30. The minimum absolute atomic E-state index is 0.0898. The van der Waals surface area contributed by atoms with Crippen molar-refractivity contribution in [1.29, 1.82) is 0 Å². The topological polar surface area (TPSA) is 73.0 Å². The van der Waals surface area contributed by atoms with E-state index in [0.29, 0.717) is 0 Å². The van der Waals surface area contributed by atoms with Crippen LogP contribution in [0.4, 0.5) is 13.2 Å². The van der Waals surface area contributed by atoms with Gasteiger partial charge in [-0.2, -0.15) is 13.2 Å². The number of ether oxygens (including phenoxy) is 2. The molecule has 0 radical (unpaired) electrons. The Labute approximate surface area is 124 Å². The van der Waals surface area contributed by atoms with Gasteiger partial charge in [0.2, 0.25) is 0 Å². The number of esters is 1. The molecule has 2 rings (SSSR count). The SMILES string of the molecule is O=C(OC[C@@H]1O[C@H]1/C=C/S(=O)(=O)c1ccccc1)C(F)(F)F. The van der Waals surface area contributed by atoms with E-state index >= 15 is 0 Å². The molecule has 1 fully saturated rings. The van der Waals surface area contributed by atoms with Gasteiger partial charge in [0.15, 0.2) is 9.84 Å². The summed E-state index contributed by atoms with van der Waals surface area (Å²) in [4.78, 5) is 10.6. The van der Waals surface area contributed by atoms with Gasteiger partial charge in [-0.15, -0.1) is 0 Å². The zero-order valence-corrected chi connectivity index (χ0v) is 11.8. The fraction of sp³-hybridized carbons (Fsp3) is 0.308. The highest BCUT2D eigenvalue weighted by molar-refractivity contribution is 7.94. The summed E-state index contributed by atoms with van der Waals surface area (Å²) in [6, 6.07) is 7.62. The molecule has 1 heterocycles. The highest BCUT2D eigenvalue weighted by Crippen LogP contribution is 2.26. The number of carbonyl (C=O) groups is 1. The Bertz CT molecular complexity index is 667. The molecule has 2 atom stereocenters. The molecule has 9 heteroatoms. The molecule has 5 nitrogen and oxygen atoms in total. The van der Waals surface area contributed by atoms with E-state index < -0.39 is 40.8 Å². The molecule has 1 aromatic carbocycles. The third kappa shape index (κ3) is 4.31. The van der Waals surface area contributed by atoms with E-state index in [1.54, 1.807) is 18.2 Å². The van der Waals surface area contributed by atoms with Crippen LogP contribution < -0.4 is 0 Å². The number of rotatable bonds is 5.